The summed E-state index contributed by atoms with van der Waals surface area (Å²) < 4.78 is 20.2. The van der Waals surface area contributed by atoms with E-state index in [2.05, 4.69) is 11.8 Å². The third-order valence-electron chi connectivity index (χ3n) is 5.32. The fourth-order valence-electron chi connectivity index (χ4n) is 3.63. The van der Waals surface area contributed by atoms with Crippen molar-refractivity contribution < 1.29 is 23.8 Å². The number of carboxylic acids is 1. The lowest BCUT2D eigenvalue weighted by atomic mass is 10.1. The Kier molecular flexibility index (Phi) is 8.14. The lowest BCUT2D eigenvalue weighted by Crippen LogP contribution is -2.58. The van der Waals surface area contributed by atoms with E-state index in [1.54, 1.807) is 12.1 Å². The van der Waals surface area contributed by atoms with Gasteiger partial charge in [0.05, 0.1) is 12.7 Å². The second kappa shape index (κ2) is 10.4. The molecule has 0 bridgehead atoms. The molecule has 1 aliphatic heterocycles. The molecule has 1 amide bonds. The standard InChI is InChI=1S/C22H23FI2N2O4/c1-13-10-27(14(2)9-26(13)11-15-3-5-17(23)6-4-15)20(28)12-31-21-18(24)7-16(22(29)30)8-19(21)25/h3-8,13-14H,9-12H2,1-2H3,(H,29,30)/t13-,14+/m1/s1. The van der Waals surface area contributed by atoms with E-state index in [1.807, 2.05) is 57.0 Å². The van der Waals surface area contributed by atoms with E-state index in [0.717, 1.165) is 5.56 Å². The molecule has 1 N–H and O–H groups in total. The Morgan fingerprint density at radius 1 is 1.10 bits per heavy atom. The van der Waals surface area contributed by atoms with Crippen molar-refractivity contribution in [3.8, 4) is 5.75 Å². The summed E-state index contributed by atoms with van der Waals surface area (Å²) in [6.45, 7) is 5.98. The van der Waals surface area contributed by atoms with Gasteiger partial charge in [0.15, 0.2) is 6.61 Å². The number of nitrogens with zero attached hydrogens (tertiary/aromatic N) is 2. The smallest absolute Gasteiger partial charge is 0.335 e. The van der Waals surface area contributed by atoms with Gasteiger partial charge in [-0.15, -0.1) is 0 Å². The summed E-state index contributed by atoms with van der Waals surface area (Å²) in [4.78, 5) is 28.2. The van der Waals surface area contributed by atoms with Crippen molar-refractivity contribution in [2.24, 2.45) is 0 Å². The van der Waals surface area contributed by atoms with E-state index in [9.17, 15) is 14.0 Å². The van der Waals surface area contributed by atoms with Crippen molar-refractivity contribution in [2.75, 3.05) is 19.7 Å². The summed E-state index contributed by atoms with van der Waals surface area (Å²) >= 11 is 4.04. The van der Waals surface area contributed by atoms with Crippen LogP contribution >= 0.6 is 45.2 Å². The summed E-state index contributed by atoms with van der Waals surface area (Å²) in [6, 6.07) is 9.74. The molecule has 9 heteroatoms. The molecular weight excluding hydrogens is 629 g/mol. The summed E-state index contributed by atoms with van der Waals surface area (Å²) in [5, 5.41) is 9.16. The van der Waals surface area contributed by atoms with Gasteiger partial charge in [-0.3, -0.25) is 9.69 Å². The average molecular weight is 652 g/mol. The van der Waals surface area contributed by atoms with Crippen molar-refractivity contribution in [2.45, 2.75) is 32.5 Å². The van der Waals surface area contributed by atoms with Crippen LogP contribution in [0.2, 0.25) is 0 Å². The lowest BCUT2D eigenvalue weighted by molar-refractivity contribution is -0.139. The van der Waals surface area contributed by atoms with Gasteiger partial charge in [0.1, 0.15) is 11.6 Å². The molecule has 6 nitrogen and oxygen atoms in total. The summed E-state index contributed by atoms with van der Waals surface area (Å²) in [5.41, 5.74) is 1.23. The van der Waals surface area contributed by atoms with Crippen molar-refractivity contribution in [1.29, 1.82) is 0 Å². The molecule has 3 rings (SSSR count). The van der Waals surface area contributed by atoms with E-state index >= 15 is 0 Å². The second-order valence-electron chi connectivity index (χ2n) is 7.66. The Bertz CT molecular complexity index is 947. The highest BCUT2D eigenvalue weighted by Crippen LogP contribution is 2.29. The van der Waals surface area contributed by atoms with Crippen molar-refractivity contribution in [1.82, 2.24) is 9.80 Å². The third-order valence-corrected chi connectivity index (χ3v) is 6.92. The van der Waals surface area contributed by atoms with Crippen LogP contribution in [0.1, 0.15) is 29.8 Å². The zero-order chi connectivity index (χ0) is 22.7. The first-order valence-electron chi connectivity index (χ1n) is 9.78. The summed E-state index contributed by atoms with van der Waals surface area (Å²) in [5.74, 6) is -0.827. The predicted molar refractivity (Wildman–Crippen MR) is 132 cm³/mol. The highest BCUT2D eigenvalue weighted by atomic mass is 127. The average Bonchev–Trinajstić information content (AvgIpc) is 2.71. The Hall–Kier alpha value is -1.47. The SMILES string of the molecule is C[C@@H]1CN(C(=O)COc2c(I)cc(C(=O)O)cc2I)[C@@H](C)CN1Cc1ccc(F)cc1. The van der Waals surface area contributed by atoms with Gasteiger partial charge in [0.25, 0.3) is 5.91 Å². The Morgan fingerprint density at radius 3 is 2.29 bits per heavy atom. The topological polar surface area (TPSA) is 70.1 Å². The van der Waals surface area contributed by atoms with Crippen LogP contribution in [0.3, 0.4) is 0 Å². The first-order valence-corrected chi connectivity index (χ1v) is 11.9. The van der Waals surface area contributed by atoms with Crippen LogP contribution in [0.4, 0.5) is 4.39 Å². The highest BCUT2D eigenvalue weighted by Gasteiger charge is 2.32. The van der Waals surface area contributed by atoms with E-state index in [1.165, 1.54) is 24.3 Å². The molecule has 2 aromatic carbocycles. The molecule has 0 spiro atoms. The van der Waals surface area contributed by atoms with Crippen LogP contribution in [0.5, 0.6) is 5.75 Å². The number of amides is 1. The number of rotatable bonds is 6. The minimum atomic E-state index is -1.00. The molecule has 0 radical (unpaired) electrons. The molecular formula is C22H23FI2N2O4. The normalized spacial score (nSPS) is 19.3. The van der Waals surface area contributed by atoms with E-state index in [-0.39, 0.29) is 36.0 Å². The van der Waals surface area contributed by atoms with E-state index in [4.69, 9.17) is 9.84 Å². The number of carbonyl (C=O) groups excluding carboxylic acids is 1. The minimum absolute atomic E-state index is 0.0141. The molecule has 2 atom stereocenters. The molecule has 0 unspecified atom stereocenters. The number of carboxylic acid groups (broad SMARTS) is 1. The second-order valence-corrected chi connectivity index (χ2v) is 9.99. The van der Waals surface area contributed by atoms with Crippen LogP contribution < -0.4 is 4.74 Å². The van der Waals surface area contributed by atoms with Crippen LogP contribution in [0.25, 0.3) is 0 Å². The molecule has 1 heterocycles. The summed E-state index contributed by atoms with van der Waals surface area (Å²) in [6.07, 6.45) is 0. The van der Waals surface area contributed by atoms with Gasteiger partial charge in [0.2, 0.25) is 0 Å². The van der Waals surface area contributed by atoms with Gasteiger partial charge < -0.3 is 14.7 Å². The lowest BCUT2D eigenvalue weighted by Gasteiger charge is -2.44. The quantitative estimate of drug-likeness (QED) is 0.474. The van der Waals surface area contributed by atoms with Crippen LogP contribution in [0.15, 0.2) is 36.4 Å². The number of piperazine rings is 1. The van der Waals surface area contributed by atoms with Gasteiger partial charge in [0, 0.05) is 31.7 Å². The van der Waals surface area contributed by atoms with Crippen molar-refractivity contribution in [3.63, 3.8) is 0 Å². The summed E-state index contributed by atoms with van der Waals surface area (Å²) in [7, 11) is 0. The minimum Gasteiger partial charge on any atom is -0.482 e. The highest BCUT2D eigenvalue weighted by molar-refractivity contribution is 14.1. The number of halogens is 3. The first kappa shape index (κ1) is 24.2. The number of hydrogen-bond acceptors (Lipinski definition) is 4. The van der Waals surface area contributed by atoms with E-state index < -0.39 is 5.97 Å². The Morgan fingerprint density at radius 2 is 1.71 bits per heavy atom. The van der Waals surface area contributed by atoms with Gasteiger partial charge in [-0.1, -0.05) is 12.1 Å². The van der Waals surface area contributed by atoms with Crippen LogP contribution in [-0.2, 0) is 11.3 Å². The van der Waals surface area contributed by atoms with E-state index in [0.29, 0.717) is 32.5 Å². The van der Waals surface area contributed by atoms with Gasteiger partial charge in [-0.25, -0.2) is 9.18 Å². The zero-order valence-electron chi connectivity index (χ0n) is 17.1. The molecule has 0 saturated carbocycles. The fourth-order valence-corrected chi connectivity index (χ4v) is 5.71. The first-order chi connectivity index (χ1) is 14.7. The van der Waals surface area contributed by atoms with Crippen molar-refractivity contribution in [3.05, 3.63) is 60.5 Å². The Balaban J connectivity index is 1.60. The monoisotopic (exact) mass is 652 g/mol. The molecule has 2 aromatic rings. The molecule has 166 valence electrons. The fraction of sp³-hybridized carbons (Fsp3) is 0.364. The molecule has 0 aliphatic carbocycles. The third kappa shape index (κ3) is 6.07. The maximum atomic E-state index is 13.1. The molecule has 31 heavy (non-hydrogen) atoms. The maximum absolute atomic E-state index is 13.1. The zero-order valence-corrected chi connectivity index (χ0v) is 21.5. The number of hydrogen-bond donors (Lipinski definition) is 1. The molecule has 1 aliphatic rings. The largest absolute Gasteiger partial charge is 0.482 e. The number of aromatic carboxylic acids is 1. The van der Waals surface area contributed by atoms with Gasteiger partial charge in [-0.2, -0.15) is 0 Å². The molecule has 1 saturated heterocycles. The van der Waals surface area contributed by atoms with Gasteiger partial charge in [-0.05, 0) is 88.9 Å². The van der Waals surface area contributed by atoms with Crippen molar-refractivity contribution >= 4 is 57.1 Å². The van der Waals surface area contributed by atoms with Crippen LogP contribution in [-0.4, -0.2) is 58.6 Å². The van der Waals surface area contributed by atoms with Gasteiger partial charge >= 0.3 is 5.97 Å². The van der Waals surface area contributed by atoms with Crippen LogP contribution in [0, 0.1) is 13.0 Å². The number of ether oxygens (including phenoxy) is 1. The predicted octanol–water partition coefficient (Wildman–Crippen LogP) is 4.23. The molecule has 0 aromatic heterocycles. The Labute approximate surface area is 208 Å². The number of benzene rings is 2. The maximum Gasteiger partial charge on any atom is 0.335 e. The molecule has 1 fully saturated rings. The number of carbonyl (C=O) groups is 2.